The maximum Gasteiger partial charge on any atom is 0.350 e. The van der Waals surface area contributed by atoms with Gasteiger partial charge in [-0.15, -0.1) is 0 Å². The number of likely N-dealkylation sites (N-methyl/N-ethyl adjacent to an activating group) is 1. The van der Waals surface area contributed by atoms with Crippen molar-refractivity contribution in [2.45, 2.75) is 171 Å². The average molecular weight is 1020 g/mol. The first-order valence-electron chi connectivity index (χ1n) is 29.0. The van der Waals surface area contributed by atoms with Crippen LogP contribution in [0.2, 0.25) is 0 Å². The average Bonchev–Trinajstić information content (AvgIpc) is 4.32. The summed E-state index contributed by atoms with van der Waals surface area (Å²) in [7, 11) is 1.99. The minimum absolute atomic E-state index is 0.107. The summed E-state index contributed by atoms with van der Waals surface area (Å²) >= 11 is 0. The zero-order valence-corrected chi connectivity index (χ0v) is 44.8. The van der Waals surface area contributed by atoms with E-state index in [0.29, 0.717) is 43.1 Å². The van der Waals surface area contributed by atoms with Gasteiger partial charge < -0.3 is 52.0 Å². The van der Waals surface area contributed by atoms with Gasteiger partial charge in [-0.1, -0.05) is 80.8 Å². The zero-order valence-electron chi connectivity index (χ0n) is 44.8. The number of allylic oxidation sites excluding steroid dienone is 8. The van der Waals surface area contributed by atoms with Crippen LogP contribution in [-0.4, -0.2) is 95.8 Å². The van der Waals surface area contributed by atoms with Crippen LogP contribution in [0.1, 0.15) is 150 Å². The van der Waals surface area contributed by atoms with Crippen LogP contribution >= 0.6 is 0 Å². The van der Waals surface area contributed by atoms with Crippen molar-refractivity contribution in [2.24, 2.45) is 52.6 Å². The Labute approximate surface area is 443 Å². The summed E-state index contributed by atoms with van der Waals surface area (Å²) in [6.07, 6.45) is 27.9. The molecule has 0 radical (unpaired) electrons. The predicted octanol–water partition coefficient (Wildman–Crippen LogP) is 7.39. The molecule has 1 aromatic rings. The second-order valence-corrected chi connectivity index (χ2v) is 25.3. The molecule has 12 rings (SSSR count). The molecule has 0 amide bonds. The largest absolute Gasteiger partial charge is 0.459 e. The Kier molecular flexibility index (Phi) is 13.4. The van der Waals surface area contributed by atoms with Gasteiger partial charge in [-0.3, -0.25) is 9.59 Å². The van der Waals surface area contributed by atoms with Crippen LogP contribution in [0.5, 0.6) is 0 Å². The molecule has 1 aromatic carbocycles. The lowest BCUT2D eigenvalue weighted by Crippen LogP contribution is -2.65. The van der Waals surface area contributed by atoms with Gasteiger partial charge in [-0.05, 0) is 185 Å². The van der Waals surface area contributed by atoms with Gasteiger partial charge in [0.15, 0.2) is 11.4 Å². The number of ether oxygens (including phenoxy) is 2. The molecular formula is C62H82N6O7. The monoisotopic (exact) mass is 1020 g/mol. The van der Waals surface area contributed by atoms with E-state index < -0.39 is 46.5 Å². The van der Waals surface area contributed by atoms with Gasteiger partial charge >= 0.3 is 5.97 Å². The van der Waals surface area contributed by atoms with Crippen LogP contribution in [0.4, 0.5) is 0 Å². The summed E-state index contributed by atoms with van der Waals surface area (Å²) in [6, 6.07) is 5.57. The molecule has 13 heteroatoms. The Bertz CT molecular complexity index is 2740. The summed E-state index contributed by atoms with van der Waals surface area (Å²) in [5.41, 5.74) is 9.22. The number of carbonyl (C=O) groups is 3. The summed E-state index contributed by atoms with van der Waals surface area (Å²) in [5.74, 6) is 0.588. The number of epoxide rings is 1. The minimum atomic E-state index is -2.26. The molecular weight excluding hydrogens is 941 g/mol. The first-order valence-corrected chi connectivity index (χ1v) is 29.0. The van der Waals surface area contributed by atoms with E-state index in [2.05, 4.69) is 70.8 Å². The molecule has 1 spiro atoms. The molecule has 402 valence electrons. The fraction of sp³-hybridized carbons (Fsp3) is 0.629. The normalized spacial score (nSPS) is 40.9. The Balaban J connectivity index is 0.962. The second kappa shape index (κ2) is 19.7. The molecule has 9 N–H and O–H groups in total. The van der Waals surface area contributed by atoms with Crippen molar-refractivity contribution >= 4 is 17.5 Å². The fourth-order valence-corrected chi connectivity index (χ4v) is 17.0. The minimum Gasteiger partial charge on any atom is -0.459 e. The molecule has 4 fully saturated rings. The van der Waals surface area contributed by atoms with E-state index >= 15 is 14.4 Å². The molecule has 1 unspecified atom stereocenters. The van der Waals surface area contributed by atoms with Crippen molar-refractivity contribution in [3.63, 3.8) is 0 Å². The Morgan fingerprint density at radius 1 is 1.01 bits per heavy atom. The highest BCUT2D eigenvalue weighted by atomic mass is 16.7. The number of aliphatic hydroxyl groups is 2. The van der Waals surface area contributed by atoms with Crippen molar-refractivity contribution in [3.05, 3.63) is 117 Å². The van der Waals surface area contributed by atoms with Crippen molar-refractivity contribution in [1.29, 1.82) is 0 Å². The van der Waals surface area contributed by atoms with Crippen molar-refractivity contribution in [1.82, 2.24) is 26.6 Å². The van der Waals surface area contributed by atoms with Gasteiger partial charge in [-0.25, -0.2) is 4.79 Å². The summed E-state index contributed by atoms with van der Waals surface area (Å²) in [6.45, 7) is 7.58. The zero-order chi connectivity index (χ0) is 52.0. The number of fused-ring (bicyclic) bond motifs is 2. The molecule has 5 aliphatic heterocycles. The molecule has 15 atom stereocenters. The summed E-state index contributed by atoms with van der Waals surface area (Å²) in [5, 5.41) is 40.8. The molecule has 6 aliphatic carbocycles. The van der Waals surface area contributed by atoms with E-state index in [-0.39, 0.29) is 71.5 Å². The maximum absolute atomic E-state index is 16.2. The molecule has 11 aliphatic rings. The van der Waals surface area contributed by atoms with Crippen molar-refractivity contribution in [3.8, 4) is 0 Å². The third-order valence-corrected chi connectivity index (χ3v) is 20.7. The second-order valence-electron chi connectivity index (χ2n) is 25.3. The third-order valence-electron chi connectivity index (χ3n) is 20.7. The number of benzene rings is 1. The maximum atomic E-state index is 16.2. The standard InChI is InChI=1S/C62H82N6O7/c1-5-67-60-30-40-12-8-11-37-10-6-7-22-59(3,28-36-15-20-50(63)66-33-36)29-42-13-9-14-46-52(42)56(72)62(58(73)74-54(49(60)27-47(37)40)48-26-44(70)19-18-41(48)31-60)61(75-62,55(46)71)32-43(34-69)35(2)24-38-16-17-39-25-51(64-4)68-57-53(39)45(38)21-23-65-57/h8-9,12-15,20-21,30,33,37-39,41,44,47-51,54,64-70H,5-7,10-11,16-19,22-29,31-32,34,63H2,1-4H3/b43-35-/t37-,38-,39+,41+,44+,47+,48+,49+,50?,51+,54+,59-,60+,61-,62-/m0/s1. The highest BCUT2D eigenvalue weighted by molar-refractivity contribution is 6.33. The van der Waals surface area contributed by atoms with E-state index in [0.717, 1.165) is 113 Å². The van der Waals surface area contributed by atoms with Crippen molar-refractivity contribution < 1.29 is 34.1 Å². The summed E-state index contributed by atoms with van der Waals surface area (Å²) < 4.78 is 14.0. The van der Waals surface area contributed by atoms with Crippen LogP contribution in [-0.2, 0) is 20.7 Å². The summed E-state index contributed by atoms with van der Waals surface area (Å²) in [4.78, 5) is 48.2. The molecule has 13 nitrogen and oxygen atoms in total. The number of aliphatic hydroxyl groups excluding tert-OH is 2. The Hall–Kier alpha value is -4.63. The van der Waals surface area contributed by atoms with Gasteiger partial charge in [-0.2, -0.15) is 0 Å². The van der Waals surface area contributed by atoms with E-state index in [9.17, 15) is 10.2 Å². The highest BCUT2D eigenvalue weighted by Gasteiger charge is 2.86. The number of nitrogens with one attached hydrogen (secondary N) is 5. The third kappa shape index (κ3) is 8.60. The van der Waals surface area contributed by atoms with E-state index in [1.54, 1.807) is 6.07 Å². The quantitative estimate of drug-likeness (QED) is 0.0500. The van der Waals surface area contributed by atoms with E-state index in [1.165, 1.54) is 16.7 Å². The van der Waals surface area contributed by atoms with Crippen LogP contribution < -0.4 is 32.3 Å². The van der Waals surface area contributed by atoms with Crippen LogP contribution in [0, 0.1) is 46.8 Å². The fourth-order valence-electron chi connectivity index (χ4n) is 17.0. The number of carbonyl (C=O) groups excluding carboxylic acids is 3. The van der Waals surface area contributed by atoms with Gasteiger partial charge in [0.05, 0.1) is 25.0 Å². The first-order chi connectivity index (χ1) is 36.2. The number of esters is 1. The Morgan fingerprint density at radius 3 is 2.68 bits per heavy atom. The van der Waals surface area contributed by atoms with Crippen LogP contribution in [0.15, 0.2) is 100 Å². The number of hydrogen-bond acceptors (Lipinski definition) is 13. The number of hydrogen-bond donors (Lipinski definition) is 8. The van der Waals surface area contributed by atoms with Gasteiger partial charge in [0.25, 0.3) is 5.60 Å². The van der Waals surface area contributed by atoms with E-state index in [4.69, 9.17) is 15.2 Å². The first kappa shape index (κ1) is 51.1. The number of nitrogens with two attached hydrogens (primary N) is 1. The van der Waals surface area contributed by atoms with Crippen LogP contribution in [0.3, 0.4) is 0 Å². The smallest absolute Gasteiger partial charge is 0.350 e. The molecule has 75 heavy (non-hydrogen) atoms. The number of Topliss-reactive ketones (excluding diaryl/α,β-unsaturated/α-hetero) is 2. The van der Waals surface area contributed by atoms with E-state index in [1.807, 2.05) is 38.4 Å². The molecule has 1 saturated heterocycles. The molecule has 4 bridgehead atoms. The molecule has 3 saturated carbocycles. The van der Waals surface area contributed by atoms with Crippen molar-refractivity contribution in [2.75, 3.05) is 26.7 Å². The lowest BCUT2D eigenvalue weighted by molar-refractivity contribution is -0.175. The topological polar surface area (TPSA) is 200 Å². The SMILES string of the molecule is CCN[C@]12C=C3C=CC[C@@H]4CCCC[C@@](C)(CC5=CNC(N)C=C5)Cc5cccc6c5C(=O)[C@]5(O[C@@]5(C/C(CO)=C(\C)C[C@@H]5CC[C@@H]7C[C@H](NC)NC8=C7C5=CCN8)C6=O)C(=O)O[C@H]([C@@H]5C[C@H](O)CC[C@@H]5C1)[C@H]2C[C@@H]34. The van der Waals surface area contributed by atoms with Crippen LogP contribution in [0.25, 0.3) is 0 Å². The Morgan fingerprint density at radius 2 is 1.88 bits per heavy atom. The predicted molar refractivity (Wildman–Crippen MR) is 288 cm³/mol. The number of dihydropyridines is 2. The molecule has 5 heterocycles. The highest BCUT2D eigenvalue weighted by Crippen LogP contribution is 2.62. The lowest BCUT2D eigenvalue weighted by Gasteiger charge is -2.58. The lowest BCUT2D eigenvalue weighted by atomic mass is 9.52. The van der Waals surface area contributed by atoms with Gasteiger partial charge in [0, 0.05) is 47.7 Å². The number of ketones is 2. The van der Waals surface area contributed by atoms with Gasteiger partial charge in [0.2, 0.25) is 5.78 Å². The number of rotatable bonds is 10. The van der Waals surface area contributed by atoms with Gasteiger partial charge in [0.1, 0.15) is 11.9 Å². The molecule has 0 aromatic heterocycles.